The maximum Gasteiger partial charge on any atom is 0.306 e. The molecule has 0 spiro atoms. The molecule has 0 aliphatic heterocycles. The number of esters is 2. The van der Waals surface area contributed by atoms with Crippen molar-refractivity contribution >= 4 is 11.9 Å². The predicted octanol–water partition coefficient (Wildman–Crippen LogP) is 5.29. The van der Waals surface area contributed by atoms with Gasteiger partial charge in [-0.1, -0.05) is 28.9 Å². The van der Waals surface area contributed by atoms with Crippen molar-refractivity contribution in [3.8, 4) is 0 Å². The SMILES string of the molecule is CCOC(=O)CCC(=O)OC/C=C(\C)CC/C=C(\C)CCC=C(C)C. The highest BCUT2D eigenvalue weighted by atomic mass is 16.5. The molecule has 0 heterocycles. The molecule has 0 bridgehead atoms. The Morgan fingerprint density at radius 1 is 0.720 bits per heavy atom. The van der Waals surface area contributed by atoms with Gasteiger partial charge < -0.3 is 9.47 Å². The van der Waals surface area contributed by atoms with Crippen molar-refractivity contribution in [2.75, 3.05) is 13.2 Å². The lowest BCUT2D eigenvalue weighted by Crippen LogP contribution is -2.10. The molecule has 0 saturated carbocycles. The molecule has 0 aliphatic rings. The van der Waals surface area contributed by atoms with E-state index in [1.54, 1.807) is 6.92 Å². The Kier molecular flexibility index (Phi) is 13.4. The van der Waals surface area contributed by atoms with Crippen molar-refractivity contribution in [1.29, 1.82) is 0 Å². The molecule has 0 atom stereocenters. The van der Waals surface area contributed by atoms with Gasteiger partial charge in [0.2, 0.25) is 0 Å². The Morgan fingerprint density at radius 2 is 1.24 bits per heavy atom. The van der Waals surface area contributed by atoms with E-state index in [1.807, 2.05) is 13.0 Å². The molecule has 0 N–H and O–H groups in total. The second-order valence-electron chi connectivity index (χ2n) is 6.45. The number of rotatable bonds is 12. The molecule has 4 heteroatoms. The van der Waals surface area contributed by atoms with Gasteiger partial charge in [-0.3, -0.25) is 9.59 Å². The van der Waals surface area contributed by atoms with Crippen LogP contribution in [0.1, 0.15) is 73.1 Å². The molecule has 0 saturated heterocycles. The van der Waals surface area contributed by atoms with Gasteiger partial charge in [0.1, 0.15) is 6.61 Å². The summed E-state index contributed by atoms with van der Waals surface area (Å²) in [5.41, 5.74) is 3.98. The minimum atomic E-state index is -0.368. The smallest absolute Gasteiger partial charge is 0.306 e. The molecule has 142 valence electrons. The summed E-state index contributed by atoms with van der Waals surface area (Å²) in [5.74, 6) is -0.731. The first-order valence-electron chi connectivity index (χ1n) is 9.11. The van der Waals surface area contributed by atoms with E-state index in [0.29, 0.717) is 6.61 Å². The van der Waals surface area contributed by atoms with Crippen LogP contribution in [-0.2, 0) is 19.1 Å². The molecule has 0 rings (SSSR count). The molecule has 0 amide bonds. The van der Waals surface area contributed by atoms with Crippen LogP contribution in [0.2, 0.25) is 0 Å². The fraction of sp³-hybridized carbons (Fsp3) is 0.619. The lowest BCUT2D eigenvalue weighted by atomic mass is 10.1. The Morgan fingerprint density at radius 3 is 1.80 bits per heavy atom. The van der Waals surface area contributed by atoms with E-state index in [9.17, 15) is 9.59 Å². The quantitative estimate of drug-likeness (QED) is 0.354. The molecule has 0 aromatic rings. The lowest BCUT2D eigenvalue weighted by molar-refractivity contribution is -0.149. The molecular formula is C21H34O4. The van der Waals surface area contributed by atoms with E-state index in [1.165, 1.54) is 16.7 Å². The minimum Gasteiger partial charge on any atom is -0.466 e. The van der Waals surface area contributed by atoms with Crippen LogP contribution in [0.4, 0.5) is 0 Å². The fourth-order valence-corrected chi connectivity index (χ4v) is 2.13. The summed E-state index contributed by atoms with van der Waals surface area (Å²) in [6.45, 7) is 10.8. The van der Waals surface area contributed by atoms with Crippen molar-refractivity contribution < 1.29 is 19.1 Å². The molecule has 0 fully saturated rings. The van der Waals surface area contributed by atoms with Gasteiger partial charge in [0.25, 0.3) is 0 Å². The predicted molar refractivity (Wildman–Crippen MR) is 102 cm³/mol. The summed E-state index contributed by atoms with van der Waals surface area (Å²) in [6.07, 6.45) is 10.8. The zero-order valence-corrected chi connectivity index (χ0v) is 16.5. The topological polar surface area (TPSA) is 52.6 Å². The van der Waals surface area contributed by atoms with Gasteiger partial charge in [-0.2, -0.15) is 0 Å². The van der Waals surface area contributed by atoms with E-state index in [4.69, 9.17) is 9.47 Å². The van der Waals surface area contributed by atoms with Crippen LogP contribution in [0, 0.1) is 0 Å². The number of allylic oxidation sites excluding steroid dienone is 5. The third-order valence-electron chi connectivity index (χ3n) is 3.64. The van der Waals surface area contributed by atoms with E-state index < -0.39 is 0 Å². The third kappa shape index (κ3) is 15.4. The van der Waals surface area contributed by atoms with Crippen molar-refractivity contribution in [3.05, 3.63) is 34.9 Å². The number of ether oxygens (including phenoxy) is 2. The Hall–Kier alpha value is -1.84. The summed E-state index contributed by atoms with van der Waals surface area (Å²) in [4.78, 5) is 22.7. The monoisotopic (exact) mass is 350 g/mol. The number of hydrogen-bond acceptors (Lipinski definition) is 4. The molecule has 0 unspecified atom stereocenters. The molecule has 0 aromatic carbocycles. The number of hydrogen-bond donors (Lipinski definition) is 0. The maximum absolute atomic E-state index is 11.5. The molecule has 4 nitrogen and oxygen atoms in total. The first-order chi connectivity index (χ1) is 11.8. The van der Waals surface area contributed by atoms with E-state index in [-0.39, 0.29) is 31.4 Å². The highest BCUT2D eigenvalue weighted by Gasteiger charge is 2.07. The highest BCUT2D eigenvalue weighted by molar-refractivity contribution is 5.77. The Bertz CT molecular complexity index is 494. The maximum atomic E-state index is 11.5. The zero-order valence-electron chi connectivity index (χ0n) is 16.5. The second-order valence-corrected chi connectivity index (χ2v) is 6.45. The van der Waals surface area contributed by atoms with Crippen molar-refractivity contribution in [3.63, 3.8) is 0 Å². The van der Waals surface area contributed by atoms with E-state index in [0.717, 1.165) is 25.7 Å². The zero-order chi connectivity index (χ0) is 19.1. The summed E-state index contributed by atoms with van der Waals surface area (Å²) in [7, 11) is 0. The van der Waals surface area contributed by atoms with Crippen molar-refractivity contribution in [2.24, 2.45) is 0 Å². The minimum absolute atomic E-state index is 0.0688. The van der Waals surface area contributed by atoms with Crippen LogP contribution in [0.5, 0.6) is 0 Å². The van der Waals surface area contributed by atoms with Crippen LogP contribution < -0.4 is 0 Å². The average molecular weight is 350 g/mol. The number of carbonyl (C=O) groups excluding carboxylic acids is 2. The van der Waals surface area contributed by atoms with Gasteiger partial charge in [-0.15, -0.1) is 0 Å². The van der Waals surface area contributed by atoms with E-state index >= 15 is 0 Å². The van der Waals surface area contributed by atoms with Gasteiger partial charge in [0.05, 0.1) is 19.4 Å². The first-order valence-corrected chi connectivity index (χ1v) is 9.11. The average Bonchev–Trinajstić information content (AvgIpc) is 2.53. The van der Waals surface area contributed by atoms with Gasteiger partial charge >= 0.3 is 11.9 Å². The fourth-order valence-electron chi connectivity index (χ4n) is 2.13. The van der Waals surface area contributed by atoms with Gasteiger partial charge in [-0.05, 0) is 66.4 Å². The Balaban J connectivity index is 3.92. The lowest BCUT2D eigenvalue weighted by Gasteiger charge is -2.04. The molecule has 0 aliphatic carbocycles. The third-order valence-corrected chi connectivity index (χ3v) is 3.64. The molecule has 25 heavy (non-hydrogen) atoms. The molecule has 0 aromatic heterocycles. The first kappa shape index (κ1) is 23.2. The van der Waals surface area contributed by atoms with Crippen LogP contribution in [0.3, 0.4) is 0 Å². The standard InChI is InChI=1S/C21H34O4/c1-6-24-20(22)13-14-21(23)25-16-15-19(5)12-8-11-18(4)10-7-9-17(2)3/h9,11,15H,6-8,10,12-14,16H2,1-5H3/b18-11+,19-15+. The number of carbonyl (C=O) groups is 2. The van der Waals surface area contributed by atoms with Crippen molar-refractivity contribution in [2.45, 2.75) is 73.1 Å². The summed E-state index contributed by atoms with van der Waals surface area (Å²) >= 11 is 0. The van der Waals surface area contributed by atoms with E-state index in [2.05, 4.69) is 32.9 Å². The normalized spacial score (nSPS) is 11.9. The van der Waals surface area contributed by atoms with Gasteiger partial charge in [0.15, 0.2) is 0 Å². The van der Waals surface area contributed by atoms with Crippen LogP contribution in [0.25, 0.3) is 0 Å². The summed E-state index contributed by atoms with van der Waals surface area (Å²) in [6, 6.07) is 0. The summed E-state index contributed by atoms with van der Waals surface area (Å²) < 4.78 is 9.87. The van der Waals surface area contributed by atoms with Crippen LogP contribution in [0.15, 0.2) is 34.9 Å². The highest BCUT2D eigenvalue weighted by Crippen LogP contribution is 2.11. The van der Waals surface area contributed by atoms with Crippen LogP contribution >= 0.6 is 0 Å². The second kappa shape index (κ2) is 14.5. The van der Waals surface area contributed by atoms with Crippen molar-refractivity contribution in [1.82, 2.24) is 0 Å². The molecular weight excluding hydrogens is 316 g/mol. The Labute approximate surface area is 153 Å². The van der Waals surface area contributed by atoms with Gasteiger partial charge in [-0.25, -0.2) is 0 Å². The van der Waals surface area contributed by atoms with Crippen LogP contribution in [-0.4, -0.2) is 25.2 Å². The van der Waals surface area contributed by atoms with Gasteiger partial charge in [0, 0.05) is 0 Å². The summed E-state index contributed by atoms with van der Waals surface area (Å²) in [5, 5.41) is 0. The molecule has 0 radical (unpaired) electrons. The largest absolute Gasteiger partial charge is 0.466 e.